The molecule has 0 aromatic carbocycles. The van der Waals surface area contributed by atoms with E-state index >= 15 is 0 Å². The maximum atomic E-state index is 11.4. The molecule has 0 aliphatic heterocycles. The van der Waals surface area contributed by atoms with E-state index in [2.05, 4.69) is 0 Å². The van der Waals surface area contributed by atoms with E-state index in [9.17, 15) is 14.4 Å². The molecule has 1 atom stereocenters. The Morgan fingerprint density at radius 1 is 1.36 bits per heavy atom. The molecule has 0 aliphatic carbocycles. The lowest BCUT2D eigenvalue weighted by atomic mass is 9.89. The molecular weight excluding hydrogens is 182 g/mol. The normalized spacial score (nSPS) is 12.5. The Morgan fingerprint density at radius 2 is 1.93 bits per heavy atom. The Hall–Kier alpha value is -1.19. The van der Waals surface area contributed by atoms with Gasteiger partial charge in [-0.15, -0.1) is 0 Å². The Labute approximate surface area is 83.8 Å². The van der Waals surface area contributed by atoms with E-state index in [4.69, 9.17) is 5.73 Å². The summed E-state index contributed by atoms with van der Waals surface area (Å²) in [7, 11) is 0. The summed E-state index contributed by atoms with van der Waals surface area (Å²) in [6, 6.07) is 0. The molecule has 0 aromatic heterocycles. The average molecular weight is 199 g/mol. The van der Waals surface area contributed by atoms with Crippen molar-refractivity contribution in [2.24, 2.45) is 17.6 Å². The van der Waals surface area contributed by atoms with Gasteiger partial charge in [0.1, 0.15) is 12.1 Å². The number of amides is 1. The van der Waals surface area contributed by atoms with E-state index < -0.39 is 11.8 Å². The van der Waals surface area contributed by atoms with E-state index in [0.717, 1.165) is 0 Å². The van der Waals surface area contributed by atoms with Crippen LogP contribution in [0, 0.1) is 11.8 Å². The van der Waals surface area contributed by atoms with Crippen molar-refractivity contribution in [3.05, 3.63) is 0 Å². The van der Waals surface area contributed by atoms with Gasteiger partial charge in [0.15, 0.2) is 0 Å². The molecule has 0 bridgehead atoms. The van der Waals surface area contributed by atoms with Crippen LogP contribution in [0.15, 0.2) is 0 Å². The van der Waals surface area contributed by atoms with Crippen LogP contribution in [0.5, 0.6) is 0 Å². The Kier molecular flexibility index (Phi) is 5.76. The number of carbonyl (C=O) groups excluding carboxylic acids is 3. The third-order valence-corrected chi connectivity index (χ3v) is 1.94. The highest BCUT2D eigenvalue weighted by Crippen LogP contribution is 2.17. The molecule has 4 heteroatoms. The van der Waals surface area contributed by atoms with Gasteiger partial charge >= 0.3 is 0 Å². The number of carbonyl (C=O) groups is 3. The summed E-state index contributed by atoms with van der Waals surface area (Å²) in [6.07, 6.45) is 1.10. The molecule has 0 fully saturated rings. The first-order chi connectivity index (χ1) is 6.47. The molecule has 80 valence electrons. The molecule has 1 unspecified atom stereocenters. The fraction of sp³-hybridized carbons (Fsp3) is 0.700. The Bertz CT molecular complexity index is 223. The second-order valence-corrected chi connectivity index (χ2v) is 3.83. The van der Waals surface area contributed by atoms with Gasteiger partial charge in [-0.3, -0.25) is 9.59 Å². The third kappa shape index (κ3) is 5.45. The molecule has 4 nitrogen and oxygen atoms in total. The Balaban J connectivity index is 4.29. The summed E-state index contributed by atoms with van der Waals surface area (Å²) in [5.41, 5.74) is 5.02. The van der Waals surface area contributed by atoms with Crippen molar-refractivity contribution in [1.29, 1.82) is 0 Å². The number of rotatable bonds is 7. The van der Waals surface area contributed by atoms with Gasteiger partial charge in [0.05, 0.1) is 6.42 Å². The van der Waals surface area contributed by atoms with Crippen molar-refractivity contribution in [1.82, 2.24) is 0 Å². The zero-order valence-corrected chi connectivity index (χ0v) is 8.66. The average Bonchev–Trinajstić information content (AvgIpc) is 2.01. The largest absolute Gasteiger partial charge is 0.370 e. The minimum atomic E-state index is -0.491. The van der Waals surface area contributed by atoms with Gasteiger partial charge in [0, 0.05) is 12.3 Å². The van der Waals surface area contributed by atoms with Gasteiger partial charge in [-0.25, -0.2) is 0 Å². The van der Waals surface area contributed by atoms with Crippen LogP contribution in [0.4, 0.5) is 0 Å². The first kappa shape index (κ1) is 12.8. The van der Waals surface area contributed by atoms with Gasteiger partial charge in [-0.05, 0) is 12.3 Å². The lowest BCUT2D eigenvalue weighted by Gasteiger charge is -2.14. The van der Waals surface area contributed by atoms with E-state index in [1.165, 1.54) is 0 Å². The van der Waals surface area contributed by atoms with Crippen LogP contribution in [0.3, 0.4) is 0 Å². The number of ketones is 1. The van der Waals surface area contributed by atoms with Crippen molar-refractivity contribution in [3.63, 3.8) is 0 Å². The highest BCUT2D eigenvalue weighted by Gasteiger charge is 2.21. The highest BCUT2D eigenvalue weighted by atomic mass is 16.2. The topological polar surface area (TPSA) is 77.2 Å². The van der Waals surface area contributed by atoms with Crippen LogP contribution in [-0.2, 0) is 14.4 Å². The first-order valence-electron chi connectivity index (χ1n) is 4.72. The first-order valence-corrected chi connectivity index (χ1v) is 4.72. The van der Waals surface area contributed by atoms with Crippen LogP contribution >= 0.6 is 0 Å². The van der Waals surface area contributed by atoms with E-state index in [-0.39, 0.29) is 18.6 Å². The molecule has 0 aromatic rings. The lowest BCUT2D eigenvalue weighted by Crippen LogP contribution is -2.24. The molecular formula is C10H17NO3. The molecule has 0 saturated carbocycles. The second-order valence-electron chi connectivity index (χ2n) is 3.83. The summed E-state index contributed by atoms with van der Waals surface area (Å²) < 4.78 is 0. The van der Waals surface area contributed by atoms with Crippen molar-refractivity contribution < 1.29 is 14.4 Å². The van der Waals surface area contributed by atoms with Crippen molar-refractivity contribution in [3.8, 4) is 0 Å². The summed E-state index contributed by atoms with van der Waals surface area (Å²) in [6.45, 7) is 3.92. The summed E-state index contributed by atoms with van der Waals surface area (Å²) in [5.74, 6) is -0.755. The van der Waals surface area contributed by atoms with Crippen LogP contribution < -0.4 is 5.73 Å². The van der Waals surface area contributed by atoms with Crippen LogP contribution in [0.2, 0.25) is 0 Å². The van der Waals surface area contributed by atoms with Gasteiger partial charge in [0.2, 0.25) is 5.91 Å². The van der Waals surface area contributed by atoms with Gasteiger partial charge in [-0.1, -0.05) is 13.8 Å². The molecule has 2 N–H and O–H groups in total. The van der Waals surface area contributed by atoms with Gasteiger partial charge in [0.25, 0.3) is 0 Å². The summed E-state index contributed by atoms with van der Waals surface area (Å²) >= 11 is 0. The molecule has 0 heterocycles. The van der Waals surface area contributed by atoms with Gasteiger partial charge < -0.3 is 10.5 Å². The number of hydrogen-bond acceptors (Lipinski definition) is 3. The Morgan fingerprint density at radius 3 is 2.29 bits per heavy atom. The number of aldehydes is 1. The monoisotopic (exact) mass is 199 g/mol. The maximum absolute atomic E-state index is 11.4. The molecule has 1 amide bonds. The van der Waals surface area contributed by atoms with Crippen LogP contribution in [0.1, 0.15) is 33.1 Å². The molecule has 0 rings (SSSR count). The van der Waals surface area contributed by atoms with E-state index in [1.807, 2.05) is 13.8 Å². The fourth-order valence-electron chi connectivity index (χ4n) is 1.39. The van der Waals surface area contributed by atoms with E-state index in [1.54, 1.807) is 0 Å². The second kappa shape index (κ2) is 6.29. The number of nitrogens with two attached hydrogens (primary N) is 1. The number of primary amides is 1. The molecule has 0 aliphatic rings. The lowest BCUT2D eigenvalue weighted by molar-refractivity contribution is -0.129. The molecule has 0 saturated heterocycles. The molecule has 14 heavy (non-hydrogen) atoms. The highest BCUT2D eigenvalue weighted by molar-refractivity contribution is 5.93. The zero-order chi connectivity index (χ0) is 11.1. The number of hydrogen-bond donors (Lipinski definition) is 1. The summed E-state index contributed by atoms with van der Waals surface area (Å²) in [4.78, 5) is 32.2. The van der Waals surface area contributed by atoms with Crippen molar-refractivity contribution in [2.45, 2.75) is 33.1 Å². The van der Waals surface area contributed by atoms with Crippen LogP contribution in [-0.4, -0.2) is 18.0 Å². The quantitative estimate of drug-likeness (QED) is 0.484. The predicted octanol–water partition coefficient (Wildman–Crippen LogP) is 0.682. The SMILES string of the molecule is CC(C)CC(CC(N)=O)C(=O)CC=O. The smallest absolute Gasteiger partial charge is 0.218 e. The number of Topliss-reactive ketones (excluding diaryl/α,β-unsaturated/α-hetero) is 1. The maximum Gasteiger partial charge on any atom is 0.218 e. The molecule has 0 radical (unpaired) electrons. The molecule has 0 spiro atoms. The zero-order valence-electron chi connectivity index (χ0n) is 8.66. The fourth-order valence-corrected chi connectivity index (χ4v) is 1.39. The van der Waals surface area contributed by atoms with Crippen molar-refractivity contribution >= 4 is 18.0 Å². The minimum Gasteiger partial charge on any atom is -0.370 e. The predicted molar refractivity (Wildman–Crippen MR) is 52.4 cm³/mol. The third-order valence-electron chi connectivity index (χ3n) is 1.94. The standard InChI is InChI=1S/C10H17NO3/c1-7(2)5-8(6-10(11)14)9(13)3-4-12/h4,7-8H,3,5-6H2,1-2H3,(H2,11,14). The van der Waals surface area contributed by atoms with E-state index in [0.29, 0.717) is 18.6 Å². The van der Waals surface area contributed by atoms with Gasteiger partial charge in [-0.2, -0.15) is 0 Å². The van der Waals surface area contributed by atoms with Crippen molar-refractivity contribution in [2.75, 3.05) is 0 Å². The summed E-state index contributed by atoms with van der Waals surface area (Å²) in [5, 5.41) is 0. The minimum absolute atomic E-state index is 0.0465. The van der Waals surface area contributed by atoms with Crippen LogP contribution in [0.25, 0.3) is 0 Å².